The Morgan fingerprint density at radius 1 is 1.18 bits per heavy atom. The summed E-state index contributed by atoms with van der Waals surface area (Å²) < 4.78 is 5.93. The van der Waals surface area contributed by atoms with Crippen LogP contribution in [0.2, 0.25) is 4.34 Å². The molecule has 1 amide bonds. The monoisotopic (exact) mass is 419 g/mol. The molecule has 1 aromatic carbocycles. The highest BCUT2D eigenvalue weighted by atomic mass is 35.5. The first-order chi connectivity index (χ1) is 13.6. The molecule has 0 spiro atoms. The fourth-order valence-corrected chi connectivity index (χ4v) is 4.55. The number of benzene rings is 1. The Labute approximate surface area is 173 Å². The molecule has 1 aromatic heterocycles. The van der Waals surface area contributed by atoms with E-state index in [9.17, 15) is 4.79 Å². The molecule has 0 N–H and O–H groups in total. The molecule has 1 atom stereocenters. The van der Waals surface area contributed by atoms with Crippen molar-refractivity contribution in [3.05, 3.63) is 45.6 Å². The predicted molar refractivity (Wildman–Crippen MR) is 112 cm³/mol. The number of carbonyl (C=O) groups is 1. The number of amides is 1. The van der Waals surface area contributed by atoms with Crippen LogP contribution in [0.4, 0.5) is 5.69 Å². The number of hydrogen-bond acceptors (Lipinski definition) is 6. The summed E-state index contributed by atoms with van der Waals surface area (Å²) in [5.74, 6) is 0.856. The molecule has 1 unspecified atom stereocenters. The van der Waals surface area contributed by atoms with Crippen LogP contribution < -0.4 is 9.64 Å². The molecule has 0 radical (unpaired) electrons. The van der Waals surface area contributed by atoms with Crippen molar-refractivity contribution < 1.29 is 14.4 Å². The van der Waals surface area contributed by atoms with Crippen LogP contribution in [-0.2, 0) is 9.63 Å². The van der Waals surface area contributed by atoms with Gasteiger partial charge >= 0.3 is 0 Å². The second-order valence-corrected chi connectivity index (χ2v) is 8.52. The average Bonchev–Trinajstić information content (AvgIpc) is 3.30. The second kappa shape index (κ2) is 8.41. The van der Waals surface area contributed by atoms with Crippen LogP contribution in [-0.4, -0.2) is 55.9 Å². The molecule has 6 nitrogen and oxygen atoms in total. The van der Waals surface area contributed by atoms with Gasteiger partial charge in [-0.05, 0) is 42.8 Å². The third-order valence-corrected chi connectivity index (χ3v) is 6.33. The number of anilines is 1. The van der Waals surface area contributed by atoms with Gasteiger partial charge in [-0.3, -0.25) is 4.79 Å². The Morgan fingerprint density at radius 2 is 2.00 bits per heavy atom. The molecular weight excluding hydrogens is 398 g/mol. The lowest BCUT2D eigenvalue weighted by Gasteiger charge is -2.24. The number of nitrogens with zero attached hydrogens (tertiary/aromatic N) is 3. The van der Waals surface area contributed by atoms with Crippen molar-refractivity contribution in [2.45, 2.75) is 18.9 Å². The predicted octanol–water partition coefficient (Wildman–Crippen LogP) is 3.64. The van der Waals surface area contributed by atoms with E-state index in [-0.39, 0.29) is 5.91 Å². The van der Waals surface area contributed by atoms with Crippen molar-refractivity contribution in [2.75, 3.05) is 38.2 Å². The van der Waals surface area contributed by atoms with Gasteiger partial charge in [-0.2, -0.15) is 0 Å². The zero-order valence-corrected chi connectivity index (χ0v) is 17.2. The first kappa shape index (κ1) is 19.1. The van der Waals surface area contributed by atoms with Gasteiger partial charge in [0, 0.05) is 38.3 Å². The molecule has 4 rings (SSSR count). The molecular formula is C20H22ClN3O3S. The van der Waals surface area contributed by atoms with Gasteiger partial charge < -0.3 is 19.4 Å². The molecule has 148 valence electrons. The minimum absolute atomic E-state index is 0.0120. The molecule has 2 aromatic rings. The molecule has 0 aliphatic carbocycles. The fraction of sp³-hybridized carbons (Fsp3) is 0.400. The van der Waals surface area contributed by atoms with E-state index in [4.69, 9.17) is 21.2 Å². The molecule has 3 heterocycles. The van der Waals surface area contributed by atoms with Crippen LogP contribution in [0.25, 0.3) is 0 Å². The van der Waals surface area contributed by atoms with Crippen LogP contribution in [0, 0.1) is 0 Å². The van der Waals surface area contributed by atoms with E-state index in [0.717, 1.165) is 48.1 Å². The highest BCUT2D eigenvalue weighted by Crippen LogP contribution is 2.27. The number of halogens is 1. The molecule has 0 bridgehead atoms. The average molecular weight is 420 g/mol. The van der Waals surface area contributed by atoms with Crippen molar-refractivity contribution >= 4 is 40.2 Å². The van der Waals surface area contributed by atoms with E-state index in [2.05, 4.69) is 22.2 Å². The standard InChI is InChI=1S/C20H22ClN3O3S/c1-26-15-5-3-14(4-6-15)23-9-2-10-24(12-11-23)20(25)17-13-16(22-27-17)18-7-8-19(21)28-18/h3-8,17H,2,9-13H2,1H3. The van der Waals surface area contributed by atoms with Crippen molar-refractivity contribution in [3.63, 3.8) is 0 Å². The molecule has 2 aliphatic rings. The number of rotatable bonds is 4. The lowest BCUT2D eigenvalue weighted by atomic mass is 10.1. The molecule has 1 fully saturated rings. The van der Waals surface area contributed by atoms with Gasteiger partial charge in [-0.25, -0.2) is 0 Å². The SMILES string of the molecule is COc1ccc(N2CCCN(C(=O)C3CC(c4ccc(Cl)s4)=NO3)CC2)cc1. The topological polar surface area (TPSA) is 54.4 Å². The summed E-state index contributed by atoms with van der Waals surface area (Å²) in [6.45, 7) is 3.10. The Bertz CT molecular complexity index is 868. The van der Waals surface area contributed by atoms with E-state index < -0.39 is 6.10 Å². The normalized spacial score (nSPS) is 19.8. The van der Waals surface area contributed by atoms with Crippen LogP contribution in [0.3, 0.4) is 0 Å². The van der Waals surface area contributed by atoms with Crippen molar-refractivity contribution in [2.24, 2.45) is 5.16 Å². The number of ether oxygens (including phenoxy) is 1. The highest BCUT2D eigenvalue weighted by molar-refractivity contribution is 7.18. The number of hydrogen-bond donors (Lipinski definition) is 0. The summed E-state index contributed by atoms with van der Waals surface area (Å²) in [6, 6.07) is 11.8. The number of methoxy groups -OCH3 is 1. The number of carbonyl (C=O) groups excluding carboxylic acids is 1. The largest absolute Gasteiger partial charge is 0.497 e. The zero-order valence-electron chi connectivity index (χ0n) is 15.6. The Balaban J connectivity index is 1.34. The lowest BCUT2D eigenvalue weighted by Crippen LogP contribution is -2.41. The van der Waals surface area contributed by atoms with E-state index in [1.807, 2.05) is 29.2 Å². The van der Waals surface area contributed by atoms with E-state index in [1.54, 1.807) is 7.11 Å². The third kappa shape index (κ3) is 4.10. The lowest BCUT2D eigenvalue weighted by molar-refractivity contribution is -0.141. The van der Waals surface area contributed by atoms with Crippen LogP contribution in [0.5, 0.6) is 5.75 Å². The Kier molecular flexibility index (Phi) is 5.73. The van der Waals surface area contributed by atoms with Crippen LogP contribution in [0.15, 0.2) is 41.6 Å². The smallest absolute Gasteiger partial charge is 0.266 e. The number of thiophene rings is 1. The van der Waals surface area contributed by atoms with Crippen molar-refractivity contribution in [1.29, 1.82) is 0 Å². The van der Waals surface area contributed by atoms with Gasteiger partial charge in [-0.15, -0.1) is 11.3 Å². The van der Waals surface area contributed by atoms with Crippen molar-refractivity contribution in [3.8, 4) is 5.75 Å². The van der Waals surface area contributed by atoms with Gasteiger partial charge in [-0.1, -0.05) is 16.8 Å². The molecule has 8 heteroatoms. The first-order valence-corrected chi connectivity index (χ1v) is 10.5. The van der Waals surface area contributed by atoms with E-state index in [0.29, 0.717) is 17.3 Å². The summed E-state index contributed by atoms with van der Waals surface area (Å²) >= 11 is 7.45. The molecule has 2 aliphatic heterocycles. The second-order valence-electron chi connectivity index (χ2n) is 6.80. The van der Waals surface area contributed by atoms with E-state index in [1.165, 1.54) is 11.3 Å². The number of oxime groups is 1. The summed E-state index contributed by atoms with van der Waals surface area (Å²) in [4.78, 5) is 23.5. The van der Waals surface area contributed by atoms with Crippen LogP contribution >= 0.6 is 22.9 Å². The van der Waals surface area contributed by atoms with Gasteiger partial charge in [0.25, 0.3) is 5.91 Å². The van der Waals surface area contributed by atoms with Gasteiger partial charge in [0.1, 0.15) is 11.5 Å². The summed E-state index contributed by atoms with van der Waals surface area (Å²) in [6.07, 6.45) is 0.871. The zero-order chi connectivity index (χ0) is 19.5. The third-order valence-electron chi connectivity index (χ3n) is 5.05. The summed E-state index contributed by atoms with van der Waals surface area (Å²) in [5, 5.41) is 4.12. The minimum Gasteiger partial charge on any atom is -0.497 e. The van der Waals surface area contributed by atoms with E-state index >= 15 is 0 Å². The Morgan fingerprint density at radius 3 is 2.71 bits per heavy atom. The first-order valence-electron chi connectivity index (χ1n) is 9.30. The minimum atomic E-state index is -0.539. The van der Waals surface area contributed by atoms with Gasteiger partial charge in [0.2, 0.25) is 6.10 Å². The van der Waals surface area contributed by atoms with Crippen molar-refractivity contribution in [1.82, 2.24) is 4.90 Å². The Hall–Kier alpha value is -2.25. The highest BCUT2D eigenvalue weighted by Gasteiger charge is 2.33. The van der Waals surface area contributed by atoms with Gasteiger partial charge in [0.05, 0.1) is 16.3 Å². The van der Waals surface area contributed by atoms with Gasteiger partial charge in [0.15, 0.2) is 0 Å². The molecule has 1 saturated heterocycles. The maximum Gasteiger partial charge on any atom is 0.266 e. The molecule has 28 heavy (non-hydrogen) atoms. The quantitative estimate of drug-likeness (QED) is 0.759. The van der Waals surface area contributed by atoms with Crippen LogP contribution in [0.1, 0.15) is 17.7 Å². The summed E-state index contributed by atoms with van der Waals surface area (Å²) in [7, 11) is 1.66. The fourth-order valence-electron chi connectivity index (χ4n) is 3.52. The maximum absolute atomic E-state index is 12.9. The maximum atomic E-state index is 12.9. The molecule has 0 saturated carbocycles. The summed E-state index contributed by atoms with van der Waals surface area (Å²) in [5.41, 5.74) is 1.94.